The van der Waals surface area contributed by atoms with Gasteiger partial charge in [0.25, 0.3) is 0 Å². The molecule has 5 rings (SSSR count). The Hall–Kier alpha value is -3.00. The van der Waals surface area contributed by atoms with E-state index in [4.69, 9.17) is 4.74 Å². The first kappa shape index (κ1) is 16.2. The first-order chi connectivity index (χ1) is 13.3. The van der Waals surface area contributed by atoms with Crippen molar-refractivity contribution < 1.29 is 4.74 Å². The second kappa shape index (κ2) is 6.62. The van der Waals surface area contributed by atoms with Crippen molar-refractivity contribution in [3.8, 4) is 16.9 Å². The molecule has 1 N–H and O–H groups in total. The molecular formula is C25H23NO. The molecule has 0 bridgehead atoms. The lowest BCUT2D eigenvalue weighted by Gasteiger charge is -2.15. The maximum atomic E-state index is 5.35. The summed E-state index contributed by atoms with van der Waals surface area (Å²) in [7, 11) is 1.71. The first-order valence-corrected chi connectivity index (χ1v) is 9.72. The summed E-state index contributed by atoms with van der Waals surface area (Å²) in [5, 5.41) is 2.58. The highest BCUT2D eigenvalue weighted by atomic mass is 16.5. The van der Waals surface area contributed by atoms with Gasteiger partial charge in [-0.05, 0) is 78.3 Å². The Balaban J connectivity index is 1.80. The molecule has 2 heteroatoms. The molecule has 0 unspecified atom stereocenters. The van der Waals surface area contributed by atoms with E-state index in [0.29, 0.717) is 0 Å². The van der Waals surface area contributed by atoms with E-state index in [2.05, 4.69) is 59.6 Å². The number of aromatic nitrogens is 1. The van der Waals surface area contributed by atoms with Crippen LogP contribution in [0.1, 0.15) is 31.2 Å². The van der Waals surface area contributed by atoms with E-state index in [9.17, 15) is 0 Å². The molecule has 27 heavy (non-hydrogen) atoms. The van der Waals surface area contributed by atoms with Gasteiger partial charge in [-0.15, -0.1) is 0 Å². The van der Waals surface area contributed by atoms with E-state index >= 15 is 0 Å². The molecule has 1 aromatic heterocycles. The van der Waals surface area contributed by atoms with Crippen LogP contribution >= 0.6 is 0 Å². The molecule has 0 amide bonds. The van der Waals surface area contributed by atoms with Crippen molar-refractivity contribution in [2.45, 2.75) is 25.7 Å². The van der Waals surface area contributed by atoms with Gasteiger partial charge in [0.1, 0.15) is 5.75 Å². The molecule has 0 aliphatic heterocycles. The maximum Gasteiger partial charge on any atom is 0.118 e. The van der Waals surface area contributed by atoms with Crippen molar-refractivity contribution in [1.82, 2.24) is 4.98 Å². The molecule has 3 aromatic carbocycles. The summed E-state index contributed by atoms with van der Waals surface area (Å²) in [6.45, 7) is 0. The summed E-state index contributed by atoms with van der Waals surface area (Å²) in [6.07, 6.45) is 7.38. The van der Waals surface area contributed by atoms with Gasteiger partial charge in [0, 0.05) is 21.8 Å². The third-order valence-corrected chi connectivity index (χ3v) is 5.67. The second-order valence-electron chi connectivity index (χ2n) is 7.32. The fraction of sp³-hybridized carbons (Fsp3) is 0.200. The van der Waals surface area contributed by atoms with Crippen LogP contribution in [-0.4, -0.2) is 12.1 Å². The number of hydrogen-bond acceptors (Lipinski definition) is 1. The molecule has 4 aromatic rings. The van der Waals surface area contributed by atoms with Crippen LogP contribution in [0.4, 0.5) is 0 Å². The fourth-order valence-corrected chi connectivity index (χ4v) is 4.27. The quantitative estimate of drug-likeness (QED) is 0.423. The number of allylic oxidation sites excluding steroid dienone is 2. The van der Waals surface area contributed by atoms with Gasteiger partial charge in [-0.1, -0.05) is 36.4 Å². The van der Waals surface area contributed by atoms with Crippen LogP contribution in [0.5, 0.6) is 5.75 Å². The standard InChI is InChI=1S/C25H23NO/c1-27-20-13-11-18(12-14-20)22-15-19(17-7-3-2-4-8-17)16-24-25(22)21-9-5-6-10-23(21)26-24/h5-7,9-16,26H,2-4,8H2,1H3. The normalized spacial score (nSPS) is 14.5. The highest BCUT2D eigenvalue weighted by Gasteiger charge is 2.15. The highest BCUT2D eigenvalue weighted by molar-refractivity contribution is 6.15. The molecular weight excluding hydrogens is 330 g/mol. The molecule has 0 fully saturated rings. The van der Waals surface area contributed by atoms with Crippen LogP contribution in [0.3, 0.4) is 0 Å². The molecule has 0 spiro atoms. The van der Waals surface area contributed by atoms with E-state index < -0.39 is 0 Å². The fourth-order valence-electron chi connectivity index (χ4n) is 4.27. The average Bonchev–Trinajstić information content (AvgIpc) is 3.12. The number of ether oxygens (including phenoxy) is 1. The van der Waals surface area contributed by atoms with Gasteiger partial charge in [-0.25, -0.2) is 0 Å². The van der Waals surface area contributed by atoms with Crippen LogP contribution in [0.2, 0.25) is 0 Å². The number of rotatable bonds is 3. The summed E-state index contributed by atoms with van der Waals surface area (Å²) in [5.74, 6) is 0.889. The van der Waals surface area contributed by atoms with Crippen molar-refractivity contribution in [2.24, 2.45) is 0 Å². The maximum absolute atomic E-state index is 5.35. The van der Waals surface area contributed by atoms with Crippen molar-refractivity contribution in [1.29, 1.82) is 0 Å². The molecule has 0 radical (unpaired) electrons. The van der Waals surface area contributed by atoms with Crippen molar-refractivity contribution in [2.75, 3.05) is 7.11 Å². The summed E-state index contributed by atoms with van der Waals surface area (Å²) in [4.78, 5) is 3.64. The predicted octanol–water partition coefficient (Wildman–Crippen LogP) is 6.95. The third kappa shape index (κ3) is 2.82. The number of nitrogens with one attached hydrogen (secondary N) is 1. The smallest absolute Gasteiger partial charge is 0.118 e. The lowest BCUT2D eigenvalue weighted by molar-refractivity contribution is 0.415. The number of H-pyrrole nitrogens is 1. The minimum Gasteiger partial charge on any atom is -0.497 e. The Bertz CT molecular complexity index is 1150. The lowest BCUT2D eigenvalue weighted by atomic mass is 9.90. The van der Waals surface area contributed by atoms with Gasteiger partial charge < -0.3 is 9.72 Å². The van der Waals surface area contributed by atoms with Gasteiger partial charge in [0.2, 0.25) is 0 Å². The number of methoxy groups -OCH3 is 1. The van der Waals surface area contributed by atoms with Gasteiger partial charge >= 0.3 is 0 Å². The van der Waals surface area contributed by atoms with E-state index in [-0.39, 0.29) is 0 Å². The predicted molar refractivity (Wildman–Crippen MR) is 114 cm³/mol. The molecule has 1 aliphatic rings. The molecule has 134 valence electrons. The van der Waals surface area contributed by atoms with Crippen molar-refractivity contribution >= 4 is 27.4 Å². The third-order valence-electron chi connectivity index (χ3n) is 5.67. The molecule has 1 aliphatic carbocycles. The second-order valence-corrected chi connectivity index (χ2v) is 7.32. The molecule has 1 heterocycles. The molecule has 2 nitrogen and oxygen atoms in total. The zero-order valence-electron chi connectivity index (χ0n) is 15.6. The van der Waals surface area contributed by atoms with Crippen molar-refractivity contribution in [3.63, 3.8) is 0 Å². The summed E-state index contributed by atoms with van der Waals surface area (Å²) in [6, 6.07) is 21.7. The number of aromatic amines is 1. The van der Waals surface area contributed by atoms with Gasteiger partial charge in [0.05, 0.1) is 7.11 Å². The highest BCUT2D eigenvalue weighted by Crippen LogP contribution is 2.39. The largest absolute Gasteiger partial charge is 0.497 e. The van der Waals surface area contributed by atoms with E-state index in [1.165, 1.54) is 69.8 Å². The Morgan fingerprint density at radius 3 is 2.48 bits per heavy atom. The van der Waals surface area contributed by atoms with Crippen LogP contribution in [0, 0.1) is 0 Å². The van der Waals surface area contributed by atoms with Gasteiger partial charge in [-0.3, -0.25) is 0 Å². The monoisotopic (exact) mass is 353 g/mol. The van der Waals surface area contributed by atoms with E-state index in [0.717, 1.165) is 5.75 Å². The SMILES string of the molecule is COc1ccc(-c2cc(C3=CCCCC3)cc3[nH]c4ccccc4c23)cc1. The molecule has 0 saturated heterocycles. The zero-order chi connectivity index (χ0) is 18.2. The summed E-state index contributed by atoms with van der Waals surface area (Å²) < 4.78 is 5.35. The Morgan fingerprint density at radius 2 is 1.70 bits per heavy atom. The average molecular weight is 353 g/mol. The Labute approximate surface area is 159 Å². The Morgan fingerprint density at radius 1 is 0.852 bits per heavy atom. The van der Waals surface area contributed by atoms with Crippen LogP contribution in [0.15, 0.2) is 66.7 Å². The van der Waals surface area contributed by atoms with E-state index in [1.807, 2.05) is 12.1 Å². The first-order valence-electron chi connectivity index (χ1n) is 9.72. The topological polar surface area (TPSA) is 25.0 Å². The summed E-state index contributed by atoms with van der Waals surface area (Å²) >= 11 is 0. The molecule has 0 atom stereocenters. The van der Waals surface area contributed by atoms with Gasteiger partial charge in [0.15, 0.2) is 0 Å². The summed E-state index contributed by atoms with van der Waals surface area (Å²) in [5.41, 5.74) is 7.75. The van der Waals surface area contributed by atoms with Crippen LogP contribution < -0.4 is 4.74 Å². The zero-order valence-corrected chi connectivity index (χ0v) is 15.6. The number of fused-ring (bicyclic) bond motifs is 3. The number of benzene rings is 3. The van der Waals surface area contributed by atoms with Gasteiger partial charge in [-0.2, -0.15) is 0 Å². The number of para-hydroxylation sites is 1. The minimum absolute atomic E-state index is 0.889. The number of hydrogen-bond donors (Lipinski definition) is 1. The Kier molecular flexibility index (Phi) is 3.97. The minimum atomic E-state index is 0.889. The van der Waals surface area contributed by atoms with Crippen LogP contribution in [-0.2, 0) is 0 Å². The molecule has 0 saturated carbocycles. The van der Waals surface area contributed by atoms with Crippen LogP contribution in [0.25, 0.3) is 38.5 Å². The van der Waals surface area contributed by atoms with Crippen molar-refractivity contribution in [3.05, 3.63) is 72.3 Å². The lowest BCUT2D eigenvalue weighted by Crippen LogP contribution is -1.93. The van der Waals surface area contributed by atoms with E-state index in [1.54, 1.807) is 7.11 Å².